The Morgan fingerprint density at radius 3 is 1.59 bits per heavy atom. The highest BCUT2D eigenvalue weighted by atomic mass is 127. The Bertz CT molecular complexity index is 349. The average molecular weight is 458 g/mol. The molecule has 22 heavy (non-hydrogen) atoms. The zero-order valence-electron chi connectivity index (χ0n) is 11.8. The van der Waals surface area contributed by atoms with E-state index < -0.39 is 33.8 Å². The normalized spacial score (nSPS) is 19.6. The first-order valence-electron chi connectivity index (χ1n) is 6.48. The van der Waals surface area contributed by atoms with Gasteiger partial charge in [0.2, 0.25) is 0 Å². The largest absolute Gasteiger partial charge is 0.457 e. The van der Waals surface area contributed by atoms with E-state index in [2.05, 4.69) is 0 Å². The van der Waals surface area contributed by atoms with Crippen molar-refractivity contribution >= 4 is 22.6 Å². The van der Waals surface area contributed by atoms with Gasteiger partial charge in [0, 0.05) is 9.84 Å². The molecule has 0 aliphatic carbocycles. The van der Waals surface area contributed by atoms with E-state index in [1.165, 1.54) is 22.6 Å². The molecule has 0 aliphatic heterocycles. The molecular formula is C12H16F9I. The maximum absolute atomic E-state index is 14.1. The van der Waals surface area contributed by atoms with E-state index in [-0.39, 0.29) is 6.42 Å². The van der Waals surface area contributed by atoms with Gasteiger partial charge in [-0.05, 0) is 6.42 Å². The van der Waals surface area contributed by atoms with Gasteiger partial charge >= 0.3 is 18.3 Å². The first kappa shape index (κ1) is 22.1. The molecule has 0 aliphatic rings. The molecule has 0 bridgehead atoms. The minimum atomic E-state index is -6.63. The first-order valence-corrected chi connectivity index (χ1v) is 7.73. The molecule has 0 fully saturated rings. The maximum atomic E-state index is 14.1. The van der Waals surface area contributed by atoms with Gasteiger partial charge in [-0.1, -0.05) is 55.7 Å². The fourth-order valence-electron chi connectivity index (χ4n) is 2.02. The second-order valence-electron chi connectivity index (χ2n) is 5.08. The summed E-state index contributed by atoms with van der Waals surface area (Å²) in [6.07, 6.45) is -11.5. The lowest BCUT2D eigenvalue weighted by molar-refractivity contribution is -0.393. The van der Waals surface area contributed by atoms with Gasteiger partial charge in [-0.2, -0.15) is 35.1 Å². The lowest BCUT2D eigenvalue weighted by Gasteiger charge is -2.41. The molecule has 10 heteroatoms. The fraction of sp³-hybridized carbons (Fsp3) is 1.00. The third kappa shape index (κ3) is 4.14. The first-order chi connectivity index (χ1) is 9.64. The summed E-state index contributed by atoms with van der Waals surface area (Å²) in [7, 11) is 0. The lowest BCUT2D eigenvalue weighted by Crippen LogP contribution is -2.66. The summed E-state index contributed by atoms with van der Waals surface area (Å²) >= 11 is 1.30. The highest BCUT2D eigenvalue weighted by molar-refractivity contribution is 14.1. The summed E-state index contributed by atoms with van der Waals surface area (Å²) < 4.78 is 115. The second kappa shape index (κ2) is 7.33. The molecule has 0 aromatic rings. The Hall–Kier alpha value is 0.1000. The quantitative estimate of drug-likeness (QED) is 0.178. The van der Waals surface area contributed by atoms with Crippen LogP contribution in [0.3, 0.4) is 0 Å². The molecule has 134 valence electrons. The Morgan fingerprint density at radius 1 is 0.818 bits per heavy atom. The van der Waals surface area contributed by atoms with Crippen LogP contribution >= 0.6 is 22.6 Å². The molecule has 0 rings (SSSR count). The van der Waals surface area contributed by atoms with E-state index in [1.807, 2.05) is 0 Å². The van der Waals surface area contributed by atoms with Crippen molar-refractivity contribution in [2.45, 2.75) is 67.4 Å². The van der Waals surface area contributed by atoms with E-state index in [4.69, 9.17) is 0 Å². The van der Waals surface area contributed by atoms with Gasteiger partial charge in [0.15, 0.2) is 0 Å². The predicted octanol–water partition coefficient (Wildman–Crippen LogP) is 6.47. The fourth-order valence-corrected chi connectivity index (χ4v) is 2.95. The molecule has 0 aromatic carbocycles. The monoisotopic (exact) mass is 458 g/mol. The van der Waals surface area contributed by atoms with E-state index >= 15 is 0 Å². The molecule has 0 saturated carbocycles. The van der Waals surface area contributed by atoms with Crippen LogP contribution in [0.25, 0.3) is 0 Å². The van der Waals surface area contributed by atoms with Crippen molar-refractivity contribution in [2.75, 3.05) is 0 Å². The number of hydrogen-bond acceptors (Lipinski definition) is 0. The van der Waals surface area contributed by atoms with Crippen LogP contribution in [0, 0.1) is 5.92 Å². The van der Waals surface area contributed by atoms with Crippen LogP contribution in [0.4, 0.5) is 39.5 Å². The SMILES string of the molecule is CCCCCC(I)C(C)C(F)(C(F)(F)F)C(F)(F)C(F)(F)F. The molecule has 0 amide bonds. The van der Waals surface area contributed by atoms with Crippen LogP contribution < -0.4 is 0 Å². The minimum Gasteiger partial charge on any atom is -0.226 e. The summed E-state index contributed by atoms with van der Waals surface area (Å²) in [5.41, 5.74) is -5.67. The maximum Gasteiger partial charge on any atom is 0.457 e. The minimum absolute atomic E-state index is 0.0781. The van der Waals surface area contributed by atoms with Crippen LogP contribution in [0.2, 0.25) is 0 Å². The molecule has 0 nitrogen and oxygen atoms in total. The standard InChI is InChI=1S/C12H16F9I/c1-3-4-5-6-8(22)7(2)9(13,11(16,17)18)10(14,15)12(19,20)21/h7-8H,3-6H2,1-2H3. The van der Waals surface area contributed by atoms with Crippen LogP contribution in [0.1, 0.15) is 39.5 Å². The summed E-state index contributed by atoms with van der Waals surface area (Å²) in [6, 6.07) is 0. The van der Waals surface area contributed by atoms with Gasteiger partial charge in [0.25, 0.3) is 5.67 Å². The van der Waals surface area contributed by atoms with Crippen LogP contribution in [-0.2, 0) is 0 Å². The summed E-state index contributed by atoms with van der Waals surface area (Å²) in [4.78, 5) is 0. The number of hydrogen-bond donors (Lipinski definition) is 0. The van der Waals surface area contributed by atoms with Crippen molar-refractivity contribution in [2.24, 2.45) is 5.92 Å². The second-order valence-corrected chi connectivity index (χ2v) is 6.68. The van der Waals surface area contributed by atoms with Crippen molar-refractivity contribution in [3.05, 3.63) is 0 Å². The summed E-state index contributed by atoms with van der Waals surface area (Å²) in [6.45, 7) is 2.22. The van der Waals surface area contributed by atoms with Gasteiger partial charge in [-0.3, -0.25) is 0 Å². The molecule has 0 aromatic heterocycles. The van der Waals surface area contributed by atoms with Crippen molar-refractivity contribution in [1.82, 2.24) is 0 Å². The molecule has 0 radical (unpaired) electrons. The zero-order valence-corrected chi connectivity index (χ0v) is 13.9. The van der Waals surface area contributed by atoms with Gasteiger partial charge < -0.3 is 0 Å². The van der Waals surface area contributed by atoms with Crippen molar-refractivity contribution in [1.29, 1.82) is 0 Å². The van der Waals surface area contributed by atoms with Crippen LogP contribution in [0.5, 0.6) is 0 Å². The highest BCUT2D eigenvalue weighted by Gasteiger charge is 2.82. The summed E-state index contributed by atoms with van der Waals surface area (Å²) in [5.74, 6) is -9.08. The number of unbranched alkanes of at least 4 members (excludes halogenated alkanes) is 2. The van der Waals surface area contributed by atoms with E-state index in [0.29, 0.717) is 26.2 Å². The predicted molar refractivity (Wildman–Crippen MR) is 72.0 cm³/mol. The molecule has 3 atom stereocenters. The number of halogens is 10. The Balaban J connectivity index is 5.64. The van der Waals surface area contributed by atoms with E-state index in [0.717, 1.165) is 0 Å². The lowest BCUT2D eigenvalue weighted by atomic mass is 9.80. The summed E-state index contributed by atoms with van der Waals surface area (Å²) in [5, 5.41) is 0. The van der Waals surface area contributed by atoms with E-state index in [9.17, 15) is 39.5 Å². The van der Waals surface area contributed by atoms with Crippen molar-refractivity contribution < 1.29 is 39.5 Å². The highest BCUT2D eigenvalue weighted by Crippen LogP contribution is 2.57. The average Bonchev–Trinajstić information content (AvgIpc) is 2.34. The van der Waals surface area contributed by atoms with Gasteiger partial charge in [-0.15, -0.1) is 0 Å². The van der Waals surface area contributed by atoms with Crippen LogP contribution in [0.15, 0.2) is 0 Å². The number of rotatable bonds is 7. The topological polar surface area (TPSA) is 0 Å². The smallest absolute Gasteiger partial charge is 0.226 e. The van der Waals surface area contributed by atoms with Crippen LogP contribution in [-0.4, -0.2) is 27.9 Å². The third-order valence-corrected chi connectivity index (χ3v) is 5.18. The molecule has 0 heterocycles. The molecule has 0 N–H and O–H groups in total. The Morgan fingerprint density at radius 2 is 1.27 bits per heavy atom. The van der Waals surface area contributed by atoms with Gasteiger partial charge in [-0.25, -0.2) is 4.39 Å². The van der Waals surface area contributed by atoms with Crippen molar-refractivity contribution in [3.63, 3.8) is 0 Å². The molecule has 0 saturated heterocycles. The van der Waals surface area contributed by atoms with Gasteiger partial charge in [0.05, 0.1) is 0 Å². The molecular weight excluding hydrogens is 442 g/mol. The Kier molecular flexibility index (Phi) is 7.36. The van der Waals surface area contributed by atoms with Gasteiger partial charge in [0.1, 0.15) is 0 Å². The van der Waals surface area contributed by atoms with Crippen molar-refractivity contribution in [3.8, 4) is 0 Å². The third-order valence-electron chi connectivity index (χ3n) is 3.48. The molecule has 3 unspecified atom stereocenters. The zero-order chi connectivity index (χ0) is 18.0. The molecule has 0 spiro atoms. The van der Waals surface area contributed by atoms with E-state index in [1.54, 1.807) is 6.92 Å². The Labute approximate surface area is 136 Å². The number of alkyl halides is 10.